The van der Waals surface area contributed by atoms with Crippen LogP contribution in [-0.2, 0) is 0 Å². The molecule has 0 aliphatic heterocycles. The lowest BCUT2D eigenvalue weighted by Crippen LogP contribution is -2.17. The molecule has 4 nitrogen and oxygen atoms in total. The van der Waals surface area contributed by atoms with E-state index in [1.54, 1.807) is 30.3 Å². The Labute approximate surface area is 71.9 Å². The quantitative estimate of drug-likeness (QED) is 0.432. The van der Waals surface area contributed by atoms with E-state index < -0.39 is 5.03 Å². The molecule has 1 rings (SSSR count). The van der Waals surface area contributed by atoms with Gasteiger partial charge in [-0.2, -0.15) is 0 Å². The maximum Gasteiger partial charge on any atom is 0.176 e. The van der Waals surface area contributed by atoms with Crippen LogP contribution in [0.1, 0.15) is 0 Å². The van der Waals surface area contributed by atoms with Crippen LogP contribution >= 0.6 is 16.1 Å². The number of benzene rings is 1. The highest BCUT2D eigenvalue weighted by molar-refractivity contribution is 9.10. The first-order valence-corrected chi connectivity index (χ1v) is 3.58. The van der Waals surface area contributed by atoms with Crippen molar-refractivity contribution in [1.82, 2.24) is 0 Å². The molecule has 0 saturated carbocycles. The molecule has 1 aromatic carbocycles. The highest BCUT2D eigenvalue weighted by Gasteiger charge is 2.10. The molecule has 0 saturated heterocycles. The van der Waals surface area contributed by atoms with E-state index in [-0.39, 0.29) is 0 Å². The molecule has 0 unspecified atom stereocenters. The summed E-state index contributed by atoms with van der Waals surface area (Å²) in [6.45, 7) is 0. The first-order chi connectivity index (χ1) is 5.22. The summed E-state index contributed by atoms with van der Waals surface area (Å²) in [5.41, 5.74) is 0.498. The van der Waals surface area contributed by atoms with Gasteiger partial charge in [-0.25, -0.2) is 10.1 Å². The molecule has 11 heavy (non-hydrogen) atoms. The summed E-state index contributed by atoms with van der Waals surface area (Å²) in [5, 5.41) is 9.64. The fourth-order valence-electron chi connectivity index (χ4n) is 0.645. The lowest BCUT2D eigenvalue weighted by molar-refractivity contribution is -0.470. The van der Waals surface area contributed by atoms with E-state index in [9.17, 15) is 10.1 Å². The molecule has 0 amide bonds. The Bertz CT molecular complexity index is 252. The number of hydrogen-bond donors (Lipinski definition) is 0. The van der Waals surface area contributed by atoms with Crippen LogP contribution in [0.5, 0.6) is 0 Å². The van der Waals surface area contributed by atoms with E-state index in [1.165, 1.54) is 0 Å². The summed E-state index contributed by atoms with van der Waals surface area (Å²) in [4.78, 5) is 10.2. The molecule has 0 aliphatic rings. The third-order valence-electron chi connectivity index (χ3n) is 1.11. The van der Waals surface area contributed by atoms with Crippen molar-refractivity contribution >= 4 is 21.8 Å². The number of anilines is 1. The molecule has 0 aromatic heterocycles. The minimum Gasteiger partial charge on any atom is -0.234 e. The van der Waals surface area contributed by atoms with Crippen molar-refractivity contribution in [2.45, 2.75) is 0 Å². The fraction of sp³-hybridized carbons (Fsp3) is 0. The van der Waals surface area contributed by atoms with Crippen LogP contribution in [0.3, 0.4) is 0 Å². The van der Waals surface area contributed by atoms with Crippen LogP contribution in [0, 0.1) is 10.1 Å². The van der Waals surface area contributed by atoms with Gasteiger partial charge in [0.1, 0.15) is 21.8 Å². The van der Waals surface area contributed by atoms with Crippen LogP contribution in [0.4, 0.5) is 5.69 Å². The van der Waals surface area contributed by atoms with Crippen LogP contribution in [0.15, 0.2) is 30.3 Å². The summed E-state index contributed by atoms with van der Waals surface area (Å²) < 4.78 is 0.785. The molecule has 0 spiro atoms. The van der Waals surface area contributed by atoms with Gasteiger partial charge in [0.15, 0.2) is 5.03 Å². The number of nitro groups is 1. The largest absolute Gasteiger partial charge is 0.234 e. The molecule has 0 radical (unpaired) electrons. The van der Waals surface area contributed by atoms with Gasteiger partial charge < -0.3 is 0 Å². The van der Waals surface area contributed by atoms with Crippen molar-refractivity contribution in [3.05, 3.63) is 40.4 Å². The first kappa shape index (κ1) is 8.00. The molecule has 0 N–H and O–H groups in total. The smallest absolute Gasteiger partial charge is 0.176 e. The Morgan fingerprint density at radius 3 is 2.36 bits per heavy atom. The van der Waals surface area contributed by atoms with E-state index >= 15 is 0 Å². The Balaban J connectivity index is 2.85. The predicted octanol–water partition coefficient (Wildman–Crippen LogP) is 1.99. The van der Waals surface area contributed by atoms with Crippen molar-refractivity contribution in [3.8, 4) is 0 Å². The van der Waals surface area contributed by atoms with Crippen LogP contribution in [-0.4, -0.2) is 5.03 Å². The summed E-state index contributed by atoms with van der Waals surface area (Å²) >= 11 is 2.78. The molecule has 1 aromatic rings. The first-order valence-electron chi connectivity index (χ1n) is 2.87. The second kappa shape index (κ2) is 3.34. The molecule has 0 heterocycles. The van der Waals surface area contributed by atoms with Gasteiger partial charge in [0.2, 0.25) is 0 Å². The van der Waals surface area contributed by atoms with E-state index in [2.05, 4.69) is 16.1 Å². The van der Waals surface area contributed by atoms with Crippen molar-refractivity contribution in [3.63, 3.8) is 0 Å². The van der Waals surface area contributed by atoms with Crippen molar-refractivity contribution in [2.75, 3.05) is 4.03 Å². The number of rotatable bonds is 2. The third-order valence-corrected chi connectivity index (χ3v) is 1.78. The molecule has 58 valence electrons. The molecule has 5 heteroatoms. The Morgan fingerprint density at radius 2 is 1.91 bits per heavy atom. The topological polar surface area (TPSA) is 46.4 Å². The molecule has 0 aliphatic carbocycles. The number of hydrogen-bond acceptors (Lipinski definition) is 2. The highest BCUT2D eigenvalue weighted by atomic mass is 79.9. The SMILES string of the molecule is O=[N+]([O-])N(Br)c1ccccc1. The van der Waals surface area contributed by atoms with Crippen LogP contribution < -0.4 is 4.03 Å². The van der Waals surface area contributed by atoms with Crippen molar-refractivity contribution in [1.29, 1.82) is 0 Å². The molecule has 0 fully saturated rings. The normalized spacial score (nSPS) is 9.18. The number of halogens is 1. The highest BCUT2D eigenvalue weighted by Crippen LogP contribution is 2.15. The lowest BCUT2D eigenvalue weighted by Gasteiger charge is -2.03. The van der Waals surface area contributed by atoms with Gasteiger partial charge in [0, 0.05) is 0 Å². The number of nitrogens with zero attached hydrogens (tertiary/aromatic N) is 2. The number of hydrazine groups is 1. The Hall–Kier alpha value is -1.10. The van der Waals surface area contributed by atoms with Gasteiger partial charge in [0.25, 0.3) is 0 Å². The maximum atomic E-state index is 10.2. The minimum atomic E-state index is -0.546. The molecular weight excluding hydrogens is 212 g/mol. The molecular formula is C6H5BrN2O2. The van der Waals surface area contributed by atoms with Crippen molar-refractivity contribution < 1.29 is 5.03 Å². The van der Waals surface area contributed by atoms with Crippen molar-refractivity contribution in [2.24, 2.45) is 0 Å². The van der Waals surface area contributed by atoms with Crippen LogP contribution in [0.25, 0.3) is 0 Å². The van der Waals surface area contributed by atoms with E-state index in [0.29, 0.717) is 5.69 Å². The second-order valence-electron chi connectivity index (χ2n) is 1.83. The van der Waals surface area contributed by atoms with Gasteiger partial charge >= 0.3 is 0 Å². The summed E-state index contributed by atoms with van der Waals surface area (Å²) in [7, 11) is 0. The number of para-hydroxylation sites is 1. The Morgan fingerprint density at radius 1 is 1.36 bits per heavy atom. The summed E-state index contributed by atoms with van der Waals surface area (Å²) in [5.74, 6) is 0. The summed E-state index contributed by atoms with van der Waals surface area (Å²) in [6, 6.07) is 8.53. The van der Waals surface area contributed by atoms with Gasteiger partial charge in [-0.05, 0) is 16.2 Å². The standard InChI is InChI=1S/C6H5BrN2O2/c7-8(9(10)11)6-4-2-1-3-5-6/h1-5H. The second-order valence-corrected chi connectivity index (χ2v) is 2.51. The summed E-state index contributed by atoms with van der Waals surface area (Å²) in [6.07, 6.45) is 0. The fourth-order valence-corrected chi connectivity index (χ4v) is 0.882. The zero-order valence-electron chi connectivity index (χ0n) is 5.48. The third kappa shape index (κ3) is 1.91. The molecule has 0 bridgehead atoms. The van der Waals surface area contributed by atoms with E-state index in [4.69, 9.17) is 0 Å². The van der Waals surface area contributed by atoms with Gasteiger partial charge in [-0.15, -0.1) is 0 Å². The average Bonchev–Trinajstić information content (AvgIpc) is 2.05. The van der Waals surface area contributed by atoms with Gasteiger partial charge in [-0.3, -0.25) is 0 Å². The van der Waals surface area contributed by atoms with Crippen LogP contribution in [0.2, 0.25) is 0 Å². The zero-order valence-corrected chi connectivity index (χ0v) is 7.06. The average molecular weight is 217 g/mol. The Kier molecular flexibility index (Phi) is 2.43. The van der Waals surface area contributed by atoms with E-state index in [1.807, 2.05) is 0 Å². The predicted molar refractivity (Wildman–Crippen MR) is 44.8 cm³/mol. The van der Waals surface area contributed by atoms with Gasteiger partial charge in [-0.1, -0.05) is 18.2 Å². The monoisotopic (exact) mass is 216 g/mol. The molecule has 0 atom stereocenters. The maximum absolute atomic E-state index is 10.2. The van der Waals surface area contributed by atoms with E-state index in [0.717, 1.165) is 4.03 Å². The van der Waals surface area contributed by atoms with Gasteiger partial charge in [0.05, 0.1) is 0 Å². The zero-order chi connectivity index (χ0) is 8.27. The lowest BCUT2D eigenvalue weighted by atomic mass is 10.3. The minimum absolute atomic E-state index is 0.498.